The lowest BCUT2D eigenvalue weighted by molar-refractivity contribution is 0.612. The Labute approximate surface area is 130 Å². The maximum Gasteiger partial charge on any atom is 0.129 e. The molecule has 0 aromatic heterocycles. The van der Waals surface area contributed by atoms with Gasteiger partial charge in [0.25, 0.3) is 0 Å². The molecule has 0 aliphatic heterocycles. The quantitative estimate of drug-likeness (QED) is 0.564. The van der Waals surface area contributed by atoms with Crippen LogP contribution in [0.25, 0.3) is 0 Å². The number of benzene rings is 2. The van der Waals surface area contributed by atoms with Gasteiger partial charge < -0.3 is 0 Å². The standard InChI is InChI=1S/C16H15Br2F/c1-2-3-11-4-6-12(7-5-11)16(18)14-9-8-13(17)10-15(14)19/h4-10,16H,2-3H2,1H3. The highest BCUT2D eigenvalue weighted by atomic mass is 79.9. The van der Waals surface area contributed by atoms with Crippen molar-refractivity contribution in [1.29, 1.82) is 0 Å². The van der Waals surface area contributed by atoms with E-state index in [0.717, 1.165) is 22.9 Å². The molecule has 19 heavy (non-hydrogen) atoms. The molecule has 0 bridgehead atoms. The first-order valence-electron chi connectivity index (χ1n) is 6.29. The summed E-state index contributed by atoms with van der Waals surface area (Å²) in [6, 6.07) is 13.5. The Hall–Kier alpha value is -0.670. The summed E-state index contributed by atoms with van der Waals surface area (Å²) in [7, 11) is 0. The largest absolute Gasteiger partial charge is 0.207 e. The lowest BCUT2D eigenvalue weighted by atomic mass is 10.0. The van der Waals surface area contributed by atoms with Crippen LogP contribution >= 0.6 is 31.9 Å². The molecule has 2 rings (SSSR count). The molecule has 0 aliphatic rings. The van der Waals surface area contributed by atoms with Crippen LogP contribution in [0.1, 0.15) is 34.9 Å². The minimum Gasteiger partial charge on any atom is -0.207 e. The summed E-state index contributed by atoms with van der Waals surface area (Å²) in [5.41, 5.74) is 3.05. The summed E-state index contributed by atoms with van der Waals surface area (Å²) in [5, 5.41) is 0. The molecular formula is C16H15Br2F. The molecule has 0 radical (unpaired) electrons. The molecule has 0 spiro atoms. The molecule has 1 unspecified atom stereocenters. The minimum atomic E-state index is -0.200. The summed E-state index contributed by atoms with van der Waals surface area (Å²) < 4.78 is 14.7. The highest BCUT2D eigenvalue weighted by Gasteiger charge is 2.14. The number of alkyl halides is 1. The third-order valence-electron chi connectivity index (χ3n) is 3.05. The van der Waals surface area contributed by atoms with Crippen molar-refractivity contribution < 1.29 is 4.39 Å². The molecule has 1 atom stereocenters. The molecule has 0 N–H and O–H groups in total. The fourth-order valence-corrected chi connectivity index (χ4v) is 3.04. The molecule has 0 saturated heterocycles. The Balaban J connectivity index is 2.25. The molecule has 0 amide bonds. The lowest BCUT2D eigenvalue weighted by Gasteiger charge is -2.12. The van der Waals surface area contributed by atoms with Gasteiger partial charge in [0.2, 0.25) is 0 Å². The van der Waals surface area contributed by atoms with Crippen molar-refractivity contribution in [3.63, 3.8) is 0 Å². The number of rotatable bonds is 4. The zero-order chi connectivity index (χ0) is 13.8. The summed E-state index contributed by atoms with van der Waals surface area (Å²) in [6.07, 6.45) is 2.22. The summed E-state index contributed by atoms with van der Waals surface area (Å²) in [5.74, 6) is -0.200. The molecule has 3 heteroatoms. The van der Waals surface area contributed by atoms with Crippen LogP contribution in [0.4, 0.5) is 4.39 Å². The zero-order valence-corrected chi connectivity index (χ0v) is 13.8. The van der Waals surface area contributed by atoms with Gasteiger partial charge in [-0.15, -0.1) is 0 Å². The van der Waals surface area contributed by atoms with Crippen LogP contribution in [-0.2, 0) is 6.42 Å². The Kier molecular flexibility index (Phi) is 5.17. The summed E-state index contributed by atoms with van der Waals surface area (Å²) in [6.45, 7) is 2.17. The maximum absolute atomic E-state index is 13.9. The average Bonchev–Trinajstić information content (AvgIpc) is 2.39. The summed E-state index contributed by atoms with van der Waals surface area (Å²) in [4.78, 5) is -0.115. The highest BCUT2D eigenvalue weighted by Crippen LogP contribution is 2.33. The van der Waals surface area contributed by atoms with E-state index in [2.05, 4.69) is 63.0 Å². The van der Waals surface area contributed by atoms with E-state index >= 15 is 0 Å². The van der Waals surface area contributed by atoms with Crippen LogP contribution in [0.5, 0.6) is 0 Å². The fraction of sp³-hybridized carbons (Fsp3) is 0.250. The molecule has 0 nitrogen and oxygen atoms in total. The van der Waals surface area contributed by atoms with Gasteiger partial charge in [0.1, 0.15) is 5.82 Å². The predicted molar refractivity (Wildman–Crippen MR) is 85.3 cm³/mol. The van der Waals surface area contributed by atoms with E-state index in [0.29, 0.717) is 5.56 Å². The molecule has 100 valence electrons. The van der Waals surface area contributed by atoms with Gasteiger partial charge in [0.05, 0.1) is 4.83 Å². The predicted octanol–water partition coefficient (Wildman–Crippen LogP) is 6.03. The van der Waals surface area contributed by atoms with Gasteiger partial charge in [-0.3, -0.25) is 0 Å². The molecule has 2 aromatic rings. The van der Waals surface area contributed by atoms with E-state index in [4.69, 9.17) is 0 Å². The Bertz CT molecular complexity index is 549. The van der Waals surface area contributed by atoms with E-state index in [1.54, 1.807) is 6.07 Å². The van der Waals surface area contributed by atoms with E-state index in [9.17, 15) is 4.39 Å². The number of hydrogen-bond acceptors (Lipinski definition) is 0. The molecule has 0 saturated carbocycles. The highest BCUT2D eigenvalue weighted by molar-refractivity contribution is 9.10. The fourth-order valence-electron chi connectivity index (χ4n) is 2.03. The van der Waals surface area contributed by atoms with Gasteiger partial charge in [-0.1, -0.05) is 75.5 Å². The third kappa shape index (κ3) is 3.67. The first-order chi connectivity index (χ1) is 9.11. The molecular weight excluding hydrogens is 371 g/mol. The van der Waals surface area contributed by atoms with Gasteiger partial charge in [0.15, 0.2) is 0 Å². The smallest absolute Gasteiger partial charge is 0.129 e. The van der Waals surface area contributed by atoms with Gasteiger partial charge in [0, 0.05) is 10.0 Å². The Morgan fingerprint density at radius 2 is 1.79 bits per heavy atom. The van der Waals surface area contributed by atoms with Crippen molar-refractivity contribution in [2.45, 2.75) is 24.6 Å². The van der Waals surface area contributed by atoms with Crippen LogP contribution in [0.15, 0.2) is 46.9 Å². The molecule has 2 aromatic carbocycles. The SMILES string of the molecule is CCCc1ccc(C(Br)c2ccc(Br)cc2F)cc1. The second kappa shape index (κ2) is 6.67. The van der Waals surface area contributed by atoms with Gasteiger partial charge in [-0.2, -0.15) is 0 Å². The van der Waals surface area contributed by atoms with Crippen LogP contribution in [0.3, 0.4) is 0 Å². The van der Waals surface area contributed by atoms with Crippen molar-refractivity contribution in [3.8, 4) is 0 Å². The van der Waals surface area contributed by atoms with E-state index in [1.165, 1.54) is 11.6 Å². The van der Waals surface area contributed by atoms with E-state index < -0.39 is 0 Å². The van der Waals surface area contributed by atoms with Crippen LogP contribution < -0.4 is 0 Å². The Morgan fingerprint density at radius 1 is 1.11 bits per heavy atom. The van der Waals surface area contributed by atoms with Crippen molar-refractivity contribution >= 4 is 31.9 Å². The van der Waals surface area contributed by atoms with Gasteiger partial charge in [-0.05, 0) is 29.7 Å². The van der Waals surface area contributed by atoms with Gasteiger partial charge in [-0.25, -0.2) is 4.39 Å². The molecule has 0 heterocycles. The Morgan fingerprint density at radius 3 is 2.37 bits per heavy atom. The minimum absolute atomic E-state index is 0.115. The van der Waals surface area contributed by atoms with Gasteiger partial charge >= 0.3 is 0 Å². The van der Waals surface area contributed by atoms with Crippen molar-refractivity contribution in [3.05, 3.63) is 69.4 Å². The zero-order valence-electron chi connectivity index (χ0n) is 10.7. The normalized spacial score (nSPS) is 12.4. The first kappa shape index (κ1) is 14.7. The second-order valence-electron chi connectivity index (χ2n) is 4.52. The van der Waals surface area contributed by atoms with Crippen molar-refractivity contribution in [2.75, 3.05) is 0 Å². The van der Waals surface area contributed by atoms with Crippen LogP contribution in [-0.4, -0.2) is 0 Å². The molecule has 0 fully saturated rings. The third-order valence-corrected chi connectivity index (χ3v) is 4.56. The monoisotopic (exact) mass is 384 g/mol. The topological polar surface area (TPSA) is 0 Å². The van der Waals surface area contributed by atoms with E-state index in [-0.39, 0.29) is 10.6 Å². The van der Waals surface area contributed by atoms with Crippen molar-refractivity contribution in [1.82, 2.24) is 0 Å². The van der Waals surface area contributed by atoms with Crippen LogP contribution in [0.2, 0.25) is 0 Å². The summed E-state index contributed by atoms with van der Waals surface area (Å²) >= 11 is 6.85. The second-order valence-corrected chi connectivity index (χ2v) is 6.35. The van der Waals surface area contributed by atoms with E-state index in [1.807, 2.05) is 6.07 Å². The average molecular weight is 386 g/mol. The van der Waals surface area contributed by atoms with Crippen molar-refractivity contribution in [2.24, 2.45) is 0 Å². The number of aryl methyl sites for hydroxylation is 1. The molecule has 0 aliphatic carbocycles. The number of hydrogen-bond donors (Lipinski definition) is 0. The first-order valence-corrected chi connectivity index (χ1v) is 8.00. The lowest BCUT2D eigenvalue weighted by Crippen LogP contribution is -1.97. The maximum atomic E-state index is 13.9. The number of halogens is 3. The van der Waals surface area contributed by atoms with Crippen LogP contribution in [0, 0.1) is 5.82 Å².